The van der Waals surface area contributed by atoms with E-state index in [1.165, 1.54) is 0 Å². The summed E-state index contributed by atoms with van der Waals surface area (Å²) in [7, 11) is 0. The zero-order chi connectivity index (χ0) is 23.1. The molecule has 0 spiro atoms. The van der Waals surface area contributed by atoms with Crippen molar-refractivity contribution in [2.75, 3.05) is 10.6 Å². The lowest BCUT2D eigenvalue weighted by Crippen LogP contribution is -2.12. The summed E-state index contributed by atoms with van der Waals surface area (Å²) in [6.45, 7) is 6.09. The zero-order valence-electron chi connectivity index (χ0n) is 18.8. The molecular weight excluding hydrogens is 402 g/mol. The third kappa shape index (κ3) is 5.27. The maximum atomic E-state index is 12.2. The van der Waals surface area contributed by atoms with Gasteiger partial charge in [0.15, 0.2) is 0 Å². The van der Waals surface area contributed by atoms with Gasteiger partial charge in [0.25, 0.3) is 0 Å². The summed E-state index contributed by atoms with van der Waals surface area (Å²) in [5, 5.41) is 30.7. The molecule has 7 nitrogen and oxygen atoms in total. The number of nitrogens with one attached hydrogen (secondary N) is 2. The van der Waals surface area contributed by atoms with E-state index in [2.05, 4.69) is 28.7 Å². The van der Waals surface area contributed by atoms with Gasteiger partial charge >= 0.3 is 0 Å². The smallest absolute Gasteiger partial charge is 0.224 e. The molecule has 3 N–H and O–H groups in total. The molecule has 0 fully saturated rings. The van der Waals surface area contributed by atoms with Crippen molar-refractivity contribution in [2.24, 2.45) is 0 Å². The highest BCUT2D eigenvalue weighted by Gasteiger charge is 2.17. The van der Waals surface area contributed by atoms with Crippen LogP contribution >= 0.6 is 0 Å². The highest BCUT2D eigenvalue weighted by Crippen LogP contribution is 2.30. The highest BCUT2D eigenvalue weighted by molar-refractivity contribution is 5.92. The van der Waals surface area contributed by atoms with Gasteiger partial charge in [-0.15, -0.1) is 0 Å². The molecule has 2 aromatic carbocycles. The fraction of sp³-hybridized carbons (Fsp3) is 0.320. The Morgan fingerprint density at radius 2 is 1.94 bits per heavy atom. The number of phenolic OH excluding ortho intramolecular Hbond substituents is 1. The summed E-state index contributed by atoms with van der Waals surface area (Å²) in [5.74, 6) is 0.565. The predicted molar refractivity (Wildman–Crippen MR) is 126 cm³/mol. The molecule has 1 amide bonds. The maximum absolute atomic E-state index is 12.2. The Morgan fingerprint density at radius 1 is 1.19 bits per heavy atom. The van der Waals surface area contributed by atoms with Crippen LogP contribution in [0.1, 0.15) is 55.0 Å². The van der Waals surface area contributed by atoms with Crippen molar-refractivity contribution in [3.8, 4) is 17.5 Å². The molecule has 0 bridgehead atoms. The minimum absolute atomic E-state index is 0.0699. The fourth-order valence-electron chi connectivity index (χ4n) is 3.57. The van der Waals surface area contributed by atoms with Gasteiger partial charge < -0.3 is 15.7 Å². The summed E-state index contributed by atoms with van der Waals surface area (Å²) in [5.41, 5.74) is 3.90. The monoisotopic (exact) mass is 431 g/mol. The second-order valence-corrected chi connectivity index (χ2v) is 7.84. The SMILES string of the molecule is CCCCCC(=O)Nc1cc(CNc2c(C#N)c(C)nn2-c2ccccc2)cc(C)c1O. The number of benzene rings is 2. The number of hydrogen-bond acceptors (Lipinski definition) is 5. The minimum Gasteiger partial charge on any atom is -0.505 e. The molecule has 3 aromatic rings. The van der Waals surface area contributed by atoms with Crippen LogP contribution in [0.2, 0.25) is 0 Å². The quantitative estimate of drug-likeness (QED) is 0.319. The van der Waals surface area contributed by atoms with Crippen molar-refractivity contribution in [3.05, 3.63) is 64.8 Å². The molecule has 1 aromatic heterocycles. The van der Waals surface area contributed by atoms with Crippen molar-refractivity contribution >= 4 is 17.4 Å². The molecule has 0 saturated carbocycles. The van der Waals surface area contributed by atoms with Crippen molar-refractivity contribution in [1.29, 1.82) is 5.26 Å². The van der Waals surface area contributed by atoms with Crippen molar-refractivity contribution in [3.63, 3.8) is 0 Å². The van der Waals surface area contributed by atoms with Gasteiger partial charge in [-0.05, 0) is 49.6 Å². The van der Waals surface area contributed by atoms with E-state index in [1.54, 1.807) is 24.6 Å². The van der Waals surface area contributed by atoms with Crippen LogP contribution in [0.15, 0.2) is 42.5 Å². The van der Waals surface area contributed by atoms with Gasteiger partial charge in [0.2, 0.25) is 5.91 Å². The Bertz CT molecular complexity index is 1130. The van der Waals surface area contributed by atoms with Crippen molar-refractivity contribution < 1.29 is 9.90 Å². The normalized spacial score (nSPS) is 10.6. The molecule has 0 saturated heterocycles. The Morgan fingerprint density at radius 3 is 2.62 bits per heavy atom. The van der Waals surface area contributed by atoms with Crippen molar-refractivity contribution in [2.45, 2.75) is 53.0 Å². The highest BCUT2D eigenvalue weighted by atomic mass is 16.3. The van der Waals surface area contributed by atoms with Gasteiger partial charge in [0.05, 0.1) is 17.1 Å². The van der Waals surface area contributed by atoms with Crippen LogP contribution in [0.25, 0.3) is 5.69 Å². The Balaban J connectivity index is 1.83. The van der Waals surface area contributed by atoms with E-state index in [1.807, 2.05) is 36.4 Å². The van der Waals surface area contributed by atoms with Gasteiger partial charge in [-0.2, -0.15) is 10.4 Å². The number of aromatic nitrogens is 2. The lowest BCUT2D eigenvalue weighted by molar-refractivity contribution is -0.116. The van der Waals surface area contributed by atoms with Crippen LogP contribution < -0.4 is 10.6 Å². The molecule has 1 heterocycles. The number of carbonyl (C=O) groups is 1. The number of aromatic hydroxyl groups is 1. The summed E-state index contributed by atoms with van der Waals surface area (Å²) in [6.07, 6.45) is 3.29. The number of phenols is 1. The van der Waals surface area contributed by atoms with Crippen LogP contribution in [0.3, 0.4) is 0 Å². The zero-order valence-corrected chi connectivity index (χ0v) is 18.8. The van der Waals surface area contributed by atoms with Gasteiger partial charge in [-0.3, -0.25) is 4.79 Å². The Kier molecular flexibility index (Phi) is 7.50. The van der Waals surface area contributed by atoms with Gasteiger partial charge in [-0.1, -0.05) is 44.0 Å². The second-order valence-electron chi connectivity index (χ2n) is 7.84. The van der Waals surface area contributed by atoms with Crippen LogP contribution in [0.4, 0.5) is 11.5 Å². The minimum atomic E-state index is -0.109. The average Bonchev–Trinajstić information content (AvgIpc) is 3.11. The summed E-state index contributed by atoms with van der Waals surface area (Å²) < 4.78 is 1.72. The van der Waals surface area contributed by atoms with Crippen LogP contribution in [0, 0.1) is 25.2 Å². The van der Waals surface area contributed by atoms with E-state index >= 15 is 0 Å². The first kappa shape index (κ1) is 22.9. The third-order valence-corrected chi connectivity index (χ3v) is 5.27. The predicted octanol–water partition coefficient (Wildman–Crippen LogP) is 5.20. The molecule has 166 valence electrons. The molecule has 0 aliphatic heterocycles. The van der Waals surface area contributed by atoms with E-state index in [0.29, 0.717) is 41.3 Å². The van der Waals surface area contributed by atoms with Gasteiger partial charge in [0, 0.05) is 13.0 Å². The summed E-state index contributed by atoms with van der Waals surface area (Å²) >= 11 is 0. The van der Waals surface area contributed by atoms with Crippen LogP contribution in [-0.2, 0) is 11.3 Å². The third-order valence-electron chi connectivity index (χ3n) is 5.27. The number of aryl methyl sites for hydroxylation is 2. The number of anilines is 2. The lowest BCUT2D eigenvalue weighted by Gasteiger charge is -2.14. The molecule has 7 heteroatoms. The first-order chi connectivity index (χ1) is 15.4. The van der Waals surface area contributed by atoms with E-state index in [-0.39, 0.29) is 11.7 Å². The molecule has 3 rings (SSSR count). The van der Waals surface area contributed by atoms with Crippen LogP contribution in [-0.4, -0.2) is 20.8 Å². The molecule has 0 radical (unpaired) electrons. The number of hydrogen-bond donors (Lipinski definition) is 3. The summed E-state index contributed by atoms with van der Waals surface area (Å²) in [6, 6.07) is 15.5. The first-order valence-electron chi connectivity index (χ1n) is 10.9. The fourth-order valence-corrected chi connectivity index (χ4v) is 3.57. The lowest BCUT2D eigenvalue weighted by atomic mass is 10.1. The van der Waals surface area contributed by atoms with E-state index in [0.717, 1.165) is 30.5 Å². The number of nitriles is 1. The topological polar surface area (TPSA) is 103 Å². The van der Waals surface area contributed by atoms with E-state index in [4.69, 9.17) is 0 Å². The standard InChI is InChI=1S/C25H29N5O2/c1-4-5-7-12-23(31)28-22-14-19(13-17(2)24(22)32)16-27-25-21(15-26)18(3)29-30(25)20-10-8-6-9-11-20/h6,8-11,13-14,27,32H,4-5,7,12,16H2,1-3H3,(H,28,31). The number of carbonyl (C=O) groups excluding carboxylic acids is 1. The van der Waals surface area contributed by atoms with E-state index < -0.39 is 0 Å². The largest absolute Gasteiger partial charge is 0.505 e. The Labute approximate surface area is 188 Å². The molecule has 0 aliphatic rings. The number of unbranched alkanes of at least 4 members (excludes halogenated alkanes) is 2. The van der Waals surface area contributed by atoms with E-state index in [9.17, 15) is 15.2 Å². The number of amides is 1. The first-order valence-corrected chi connectivity index (χ1v) is 10.9. The van der Waals surface area contributed by atoms with Gasteiger partial charge in [0.1, 0.15) is 23.2 Å². The molecule has 0 aliphatic carbocycles. The molecular formula is C25H29N5O2. The Hall–Kier alpha value is -3.79. The molecule has 32 heavy (non-hydrogen) atoms. The second kappa shape index (κ2) is 10.5. The summed E-state index contributed by atoms with van der Waals surface area (Å²) in [4.78, 5) is 12.2. The molecule has 0 atom stereocenters. The van der Waals surface area contributed by atoms with Gasteiger partial charge in [-0.25, -0.2) is 4.68 Å². The molecule has 0 unspecified atom stereocenters. The average molecular weight is 432 g/mol. The van der Waals surface area contributed by atoms with Crippen LogP contribution in [0.5, 0.6) is 5.75 Å². The number of para-hydroxylation sites is 1. The van der Waals surface area contributed by atoms with Crippen molar-refractivity contribution in [1.82, 2.24) is 9.78 Å². The number of rotatable bonds is 9. The maximum Gasteiger partial charge on any atom is 0.224 e. The number of nitrogens with zero attached hydrogens (tertiary/aromatic N) is 3.